The third-order valence-corrected chi connectivity index (χ3v) is 1.33. The van der Waals surface area contributed by atoms with Crippen molar-refractivity contribution in [2.45, 2.75) is 39.3 Å². The molecule has 0 aromatic carbocycles. The summed E-state index contributed by atoms with van der Waals surface area (Å²) in [5, 5.41) is 8.88. The van der Waals surface area contributed by atoms with E-state index in [1.807, 2.05) is 6.92 Å². The summed E-state index contributed by atoms with van der Waals surface area (Å²) in [6.45, 7) is 4.71. The molecule has 74 valence electrons. The Kier molecular flexibility index (Phi) is 7.39. The van der Waals surface area contributed by atoms with Gasteiger partial charge in [-0.1, -0.05) is 6.92 Å². The molecule has 0 aliphatic heterocycles. The molecule has 0 aromatic heterocycles. The lowest BCUT2D eigenvalue weighted by Crippen LogP contribution is -2.23. The van der Waals surface area contributed by atoms with Gasteiger partial charge in [-0.3, -0.25) is 0 Å². The monoisotopic (exact) mass is 177 g/mol. The Hall–Kier alpha value is -0.160. The van der Waals surface area contributed by atoms with Gasteiger partial charge in [0.25, 0.3) is 0 Å². The van der Waals surface area contributed by atoms with Crippen LogP contribution in [0.1, 0.15) is 26.7 Å². The Bertz CT molecular complexity index is 98.3. The van der Waals surface area contributed by atoms with Crippen LogP contribution in [0, 0.1) is 0 Å². The van der Waals surface area contributed by atoms with E-state index in [0.717, 1.165) is 12.8 Å². The van der Waals surface area contributed by atoms with E-state index in [9.17, 15) is 0 Å². The molecule has 12 heavy (non-hydrogen) atoms. The van der Waals surface area contributed by atoms with Gasteiger partial charge in [0.2, 0.25) is 0 Å². The van der Waals surface area contributed by atoms with Gasteiger partial charge in [-0.25, -0.2) is 0 Å². The zero-order valence-corrected chi connectivity index (χ0v) is 7.82. The third-order valence-electron chi connectivity index (χ3n) is 1.33. The highest BCUT2D eigenvalue weighted by Crippen LogP contribution is 2.03. The molecule has 0 aliphatic rings. The molecule has 0 rings (SSSR count). The van der Waals surface area contributed by atoms with Gasteiger partial charge in [0.1, 0.15) is 0 Å². The summed E-state index contributed by atoms with van der Waals surface area (Å²) in [4.78, 5) is 0. The van der Waals surface area contributed by atoms with Crippen molar-refractivity contribution in [1.82, 2.24) is 0 Å². The highest BCUT2D eigenvalue weighted by Gasteiger charge is 2.08. The first-order valence-electron chi connectivity index (χ1n) is 4.35. The summed E-state index contributed by atoms with van der Waals surface area (Å²) in [7, 11) is 0. The van der Waals surface area contributed by atoms with E-state index >= 15 is 0 Å². The molecule has 0 bridgehead atoms. The minimum Gasteiger partial charge on any atom is -0.368 e. The van der Waals surface area contributed by atoms with Gasteiger partial charge in [-0.15, -0.1) is 0 Å². The van der Waals surface area contributed by atoms with Crippen LogP contribution in [-0.2, 0) is 9.47 Å². The Morgan fingerprint density at radius 2 is 2.17 bits per heavy atom. The maximum absolute atomic E-state index is 8.88. The van der Waals surface area contributed by atoms with Crippen LogP contribution >= 0.6 is 0 Å². The molecule has 0 spiro atoms. The molecule has 0 fully saturated rings. The number of aliphatic hydroxyl groups excluding tert-OH is 1. The van der Waals surface area contributed by atoms with Crippen molar-refractivity contribution < 1.29 is 14.6 Å². The number of hydrogen-bond acceptors (Lipinski definition) is 4. The third kappa shape index (κ3) is 6.54. The van der Waals surface area contributed by atoms with Crippen molar-refractivity contribution >= 4 is 0 Å². The molecule has 0 radical (unpaired) electrons. The zero-order chi connectivity index (χ0) is 9.40. The second-order valence-electron chi connectivity index (χ2n) is 2.59. The van der Waals surface area contributed by atoms with Gasteiger partial charge in [0.15, 0.2) is 12.6 Å². The Morgan fingerprint density at radius 1 is 1.50 bits per heavy atom. The number of rotatable bonds is 7. The molecule has 4 nitrogen and oxygen atoms in total. The quantitative estimate of drug-likeness (QED) is 0.437. The molecular weight excluding hydrogens is 158 g/mol. The molecule has 2 unspecified atom stereocenters. The topological polar surface area (TPSA) is 64.7 Å². The fourth-order valence-corrected chi connectivity index (χ4v) is 0.771. The Morgan fingerprint density at radius 3 is 2.58 bits per heavy atom. The van der Waals surface area contributed by atoms with Crippen LogP contribution in [0.2, 0.25) is 0 Å². The summed E-state index contributed by atoms with van der Waals surface area (Å²) >= 11 is 0. The minimum atomic E-state index is -0.771. The fraction of sp³-hybridized carbons (Fsp3) is 1.00. The average molecular weight is 177 g/mol. The molecule has 0 saturated heterocycles. The van der Waals surface area contributed by atoms with Gasteiger partial charge in [0.05, 0.1) is 6.61 Å². The summed E-state index contributed by atoms with van der Waals surface area (Å²) in [5.74, 6) is 0. The highest BCUT2D eigenvalue weighted by atomic mass is 16.7. The van der Waals surface area contributed by atoms with E-state index in [4.69, 9.17) is 20.3 Å². The maximum Gasteiger partial charge on any atom is 0.160 e. The van der Waals surface area contributed by atoms with E-state index in [1.54, 1.807) is 6.92 Å². The van der Waals surface area contributed by atoms with Crippen LogP contribution in [0.25, 0.3) is 0 Å². The highest BCUT2D eigenvalue weighted by molar-refractivity contribution is 4.42. The first-order valence-corrected chi connectivity index (χ1v) is 4.35. The van der Waals surface area contributed by atoms with Gasteiger partial charge in [-0.2, -0.15) is 0 Å². The molecule has 0 aliphatic carbocycles. The molecule has 0 aromatic rings. The molecule has 3 N–H and O–H groups in total. The normalized spacial score (nSPS) is 16.0. The largest absolute Gasteiger partial charge is 0.368 e. The van der Waals surface area contributed by atoms with E-state index in [-0.39, 0.29) is 6.29 Å². The first-order chi connectivity index (χ1) is 5.70. The maximum atomic E-state index is 8.88. The van der Waals surface area contributed by atoms with Gasteiger partial charge < -0.3 is 20.3 Å². The molecule has 0 saturated carbocycles. The van der Waals surface area contributed by atoms with Crippen LogP contribution in [0.4, 0.5) is 0 Å². The van der Waals surface area contributed by atoms with Crippen molar-refractivity contribution in [1.29, 1.82) is 0 Å². The summed E-state index contributed by atoms with van der Waals surface area (Å²) in [5.41, 5.74) is 5.29. The lowest BCUT2D eigenvalue weighted by molar-refractivity contribution is -0.222. The standard InChI is InChI=1S/C8H19NO3/c1-3-8(12-7(2)10)11-6-4-5-9/h7-8,10H,3-6,9H2,1-2H3. The van der Waals surface area contributed by atoms with Crippen molar-refractivity contribution in [3.05, 3.63) is 0 Å². The van der Waals surface area contributed by atoms with Crippen LogP contribution in [0.15, 0.2) is 0 Å². The molecule has 2 atom stereocenters. The van der Waals surface area contributed by atoms with E-state index < -0.39 is 6.29 Å². The number of hydrogen-bond donors (Lipinski definition) is 2. The van der Waals surface area contributed by atoms with E-state index in [0.29, 0.717) is 13.2 Å². The lowest BCUT2D eigenvalue weighted by atomic mass is 10.4. The minimum absolute atomic E-state index is 0.309. The lowest BCUT2D eigenvalue weighted by Gasteiger charge is -2.18. The Labute approximate surface area is 73.7 Å². The summed E-state index contributed by atoms with van der Waals surface area (Å²) in [6.07, 6.45) is 0.471. The Balaban J connectivity index is 3.39. The zero-order valence-electron chi connectivity index (χ0n) is 7.82. The molecule has 0 amide bonds. The number of aliphatic hydroxyl groups is 1. The van der Waals surface area contributed by atoms with E-state index in [2.05, 4.69) is 0 Å². The van der Waals surface area contributed by atoms with Crippen LogP contribution in [-0.4, -0.2) is 30.8 Å². The smallest absolute Gasteiger partial charge is 0.160 e. The summed E-state index contributed by atoms with van der Waals surface area (Å²) < 4.78 is 10.3. The van der Waals surface area contributed by atoms with Crippen molar-refractivity contribution in [3.8, 4) is 0 Å². The van der Waals surface area contributed by atoms with Crippen molar-refractivity contribution in [3.63, 3.8) is 0 Å². The van der Waals surface area contributed by atoms with Crippen molar-refractivity contribution in [2.24, 2.45) is 5.73 Å². The van der Waals surface area contributed by atoms with Crippen LogP contribution < -0.4 is 5.73 Å². The molecular formula is C8H19NO3. The predicted octanol–water partition coefficient (Wildman–Crippen LogP) is 0.443. The summed E-state index contributed by atoms with van der Waals surface area (Å²) in [6, 6.07) is 0. The van der Waals surface area contributed by atoms with Gasteiger partial charge in [0, 0.05) is 0 Å². The number of nitrogens with two attached hydrogens (primary N) is 1. The SMILES string of the molecule is CCC(OCCCN)OC(C)O. The van der Waals surface area contributed by atoms with Gasteiger partial charge in [-0.05, 0) is 26.3 Å². The predicted molar refractivity (Wildman–Crippen MR) is 46.5 cm³/mol. The molecule has 0 heterocycles. The average Bonchev–Trinajstić information content (AvgIpc) is 2.02. The van der Waals surface area contributed by atoms with Gasteiger partial charge >= 0.3 is 0 Å². The van der Waals surface area contributed by atoms with Crippen LogP contribution in [0.5, 0.6) is 0 Å². The second-order valence-corrected chi connectivity index (χ2v) is 2.59. The number of ether oxygens (including phenoxy) is 2. The van der Waals surface area contributed by atoms with Crippen molar-refractivity contribution in [2.75, 3.05) is 13.2 Å². The van der Waals surface area contributed by atoms with E-state index in [1.165, 1.54) is 0 Å². The fourth-order valence-electron chi connectivity index (χ4n) is 0.771. The van der Waals surface area contributed by atoms with Crippen LogP contribution in [0.3, 0.4) is 0 Å². The molecule has 4 heteroatoms. The first kappa shape index (κ1) is 11.8. The second kappa shape index (κ2) is 7.49.